The molecule has 0 bridgehead atoms. The van der Waals surface area contributed by atoms with Crippen molar-refractivity contribution in [2.45, 2.75) is 24.9 Å². The molecule has 1 aromatic heterocycles. The molecule has 2 aromatic rings. The highest BCUT2D eigenvalue weighted by Gasteiger charge is 2.40. The molecular weight excluding hydrogens is 188 g/mol. The van der Waals surface area contributed by atoms with Crippen molar-refractivity contribution in [1.29, 1.82) is 0 Å². The van der Waals surface area contributed by atoms with Crippen LogP contribution >= 0.6 is 0 Å². The summed E-state index contributed by atoms with van der Waals surface area (Å²) in [5.74, 6) is 0. The minimum Gasteiger partial charge on any atom is -0.390 e. The van der Waals surface area contributed by atoms with Crippen LogP contribution in [0.15, 0.2) is 24.5 Å². The minimum atomic E-state index is -0.432. The maximum Gasteiger partial charge on any atom is 0.0955 e. The Bertz CT molecular complexity index is 511. The summed E-state index contributed by atoms with van der Waals surface area (Å²) in [5.41, 5.74) is 2.93. The molecule has 1 heterocycles. The van der Waals surface area contributed by atoms with Gasteiger partial charge in [-0.15, -0.1) is 0 Å². The maximum atomic E-state index is 9.94. The van der Waals surface area contributed by atoms with E-state index in [9.17, 15) is 5.11 Å². The third-order valence-corrected chi connectivity index (χ3v) is 3.17. The molecule has 15 heavy (non-hydrogen) atoms. The lowest BCUT2D eigenvalue weighted by molar-refractivity contribution is 0.151. The van der Waals surface area contributed by atoms with Gasteiger partial charge >= 0.3 is 0 Å². The van der Waals surface area contributed by atoms with Gasteiger partial charge in [0.15, 0.2) is 0 Å². The highest BCUT2D eigenvalue weighted by molar-refractivity contribution is 5.79. The summed E-state index contributed by atoms with van der Waals surface area (Å²) in [6.07, 6.45) is 4.44. The number of para-hydroxylation sites is 1. The molecule has 3 heteroatoms. The first-order valence-electron chi connectivity index (χ1n) is 5.29. The van der Waals surface area contributed by atoms with Crippen molar-refractivity contribution in [3.63, 3.8) is 0 Å². The summed E-state index contributed by atoms with van der Waals surface area (Å²) in [4.78, 5) is 4.31. The van der Waals surface area contributed by atoms with Gasteiger partial charge < -0.3 is 9.67 Å². The van der Waals surface area contributed by atoms with E-state index in [-0.39, 0.29) is 0 Å². The lowest BCUT2D eigenvalue weighted by Gasteiger charge is -2.09. The molecule has 78 valence electrons. The number of nitrogens with zero attached hydrogens (tertiary/aromatic N) is 2. The predicted octanol–water partition coefficient (Wildman–Crippen LogP) is 1.64. The van der Waals surface area contributed by atoms with Crippen molar-refractivity contribution >= 4 is 11.0 Å². The van der Waals surface area contributed by atoms with E-state index in [2.05, 4.69) is 11.1 Å². The third kappa shape index (κ3) is 1.43. The van der Waals surface area contributed by atoms with E-state index in [0.29, 0.717) is 0 Å². The van der Waals surface area contributed by atoms with Crippen molar-refractivity contribution in [2.24, 2.45) is 7.05 Å². The first-order chi connectivity index (χ1) is 7.18. The number of aromatic nitrogens is 2. The number of fused-ring (bicyclic) bond motifs is 1. The van der Waals surface area contributed by atoms with Gasteiger partial charge in [-0.2, -0.15) is 0 Å². The van der Waals surface area contributed by atoms with Crippen LogP contribution in [0.3, 0.4) is 0 Å². The number of rotatable bonds is 2. The maximum absolute atomic E-state index is 9.94. The Morgan fingerprint density at radius 3 is 3.00 bits per heavy atom. The molecule has 0 spiro atoms. The Labute approximate surface area is 88.4 Å². The zero-order chi connectivity index (χ0) is 10.5. The van der Waals surface area contributed by atoms with E-state index >= 15 is 0 Å². The molecule has 0 amide bonds. The van der Waals surface area contributed by atoms with E-state index in [1.54, 1.807) is 0 Å². The number of benzene rings is 1. The molecular formula is C12H14N2O. The van der Waals surface area contributed by atoms with Gasteiger partial charge in [-0.05, 0) is 24.5 Å². The summed E-state index contributed by atoms with van der Waals surface area (Å²) in [7, 11) is 2.00. The quantitative estimate of drug-likeness (QED) is 0.804. The van der Waals surface area contributed by atoms with Crippen LogP contribution in [0.2, 0.25) is 0 Å². The van der Waals surface area contributed by atoms with E-state index < -0.39 is 5.60 Å². The highest BCUT2D eigenvalue weighted by Crippen LogP contribution is 2.39. The van der Waals surface area contributed by atoms with Crippen LogP contribution in [-0.2, 0) is 13.5 Å². The average Bonchev–Trinajstić information content (AvgIpc) is 2.80. The predicted molar refractivity (Wildman–Crippen MR) is 58.6 cm³/mol. The Kier molecular flexibility index (Phi) is 1.68. The first-order valence-corrected chi connectivity index (χ1v) is 5.29. The highest BCUT2D eigenvalue weighted by atomic mass is 16.3. The van der Waals surface area contributed by atoms with Crippen molar-refractivity contribution < 1.29 is 5.11 Å². The molecule has 1 aromatic carbocycles. The first kappa shape index (κ1) is 8.92. The Morgan fingerprint density at radius 1 is 1.47 bits per heavy atom. The Morgan fingerprint density at radius 2 is 2.27 bits per heavy atom. The lowest BCUT2D eigenvalue weighted by Crippen LogP contribution is -2.11. The number of hydrogen-bond donors (Lipinski definition) is 1. The van der Waals surface area contributed by atoms with E-state index in [1.165, 1.54) is 5.56 Å². The topological polar surface area (TPSA) is 38.0 Å². The Hall–Kier alpha value is -1.35. The third-order valence-electron chi connectivity index (χ3n) is 3.17. The second-order valence-electron chi connectivity index (χ2n) is 4.54. The van der Waals surface area contributed by atoms with Gasteiger partial charge in [-0.1, -0.05) is 12.1 Å². The molecule has 1 N–H and O–H groups in total. The van der Waals surface area contributed by atoms with Crippen LogP contribution in [0, 0.1) is 0 Å². The van der Waals surface area contributed by atoms with Gasteiger partial charge in [-0.25, -0.2) is 4.98 Å². The van der Waals surface area contributed by atoms with Crippen LogP contribution < -0.4 is 0 Å². The molecule has 0 unspecified atom stereocenters. The average molecular weight is 202 g/mol. The minimum absolute atomic E-state index is 0.432. The monoisotopic (exact) mass is 202 g/mol. The Balaban J connectivity index is 2.12. The van der Waals surface area contributed by atoms with Gasteiger partial charge in [0.1, 0.15) is 0 Å². The fourth-order valence-electron chi connectivity index (χ4n) is 2.11. The van der Waals surface area contributed by atoms with Crippen LogP contribution in [0.1, 0.15) is 18.4 Å². The van der Waals surface area contributed by atoms with Crippen molar-refractivity contribution in [1.82, 2.24) is 9.55 Å². The largest absolute Gasteiger partial charge is 0.390 e. The van der Waals surface area contributed by atoms with Crippen LogP contribution in [0.25, 0.3) is 11.0 Å². The molecule has 0 aliphatic heterocycles. The van der Waals surface area contributed by atoms with Crippen LogP contribution in [0.4, 0.5) is 0 Å². The number of aliphatic hydroxyl groups is 1. The second kappa shape index (κ2) is 2.83. The van der Waals surface area contributed by atoms with Gasteiger partial charge in [0, 0.05) is 13.5 Å². The fourth-order valence-corrected chi connectivity index (χ4v) is 2.11. The normalized spacial score (nSPS) is 18.3. The van der Waals surface area contributed by atoms with E-state index in [4.69, 9.17) is 0 Å². The molecule has 1 fully saturated rings. The van der Waals surface area contributed by atoms with Gasteiger partial charge in [0.05, 0.1) is 23.0 Å². The molecule has 1 aliphatic carbocycles. The van der Waals surface area contributed by atoms with Crippen molar-refractivity contribution in [3.05, 3.63) is 30.1 Å². The van der Waals surface area contributed by atoms with E-state index in [1.807, 2.05) is 30.1 Å². The second-order valence-corrected chi connectivity index (χ2v) is 4.54. The molecule has 0 radical (unpaired) electrons. The van der Waals surface area contributed by atoms with Crippen LogP contribution in [-0.4, -0.2) is 20.3 Å². The summed E-state index contributed by atoms with van der Waals surface area (Å²) in [5, 5.41) is 9.94. The number of hydrogen-bond acceptors (Lipinski definition) is 2. The van der Waals surface area contributed by atoms with Crippen molar-refractivity contribution in [3.8, 4) is 0 Å². The molecule has 0 saturated heterocycles. The summed E-state index contributed by atoms with van der Waals surface area (Å²) in [6.45, 7) is 0. The zero-order valence-corrected chi connectivity index (χ0v) is 8.77. The smallest absolute Gasteiger partial charge is 0.0955 e. The zero-order valence-electron chi connectivity index (χ0n) is 8.77. The molecule has 0 atom stereocenters. The number of aryl methyl sites for hydroxylation is 1. The van der Waals surface area contributed by atoms with E-state index in [0.717, 1.165) is 30.3 Å². The van der Waals surface area contributed by atoms with Gasteiger partial charge in [0.2, 0.25) is 0 Å². The summed E-state index contributed by atoms with van der Waals surface area (Å²) < 4.78 is 2.02. The van der Waals surface area contributed by atoms with Gasteiger partial charge in [-0.3, -0.25) is 0 Å². The molecule has 3 nitrogen and oxygen atoms in total. The summed E-state index contributed by atoms with van der Waals surface area (Å²) >= 11 is 0. The standard InChI is InChI=1S/C12H14N2O/c1-14-8-13-10-4-2-3-9(11(10)14)7-12(15)5-6-12/h2-4,8,15H,5-7H2,1H3. The molecule has 1 saturated carbocycles. The summed E-state index contributed by atoms with van der Waals surface area (Å²) in [6, 6.07) is 6.10. The van der Waals surface area contributed by atoms with Crippen molar-refractivity contribution in [2.75, 3.05) is 0 Å². The number of imidazole rings is 1. The lowest BCUT2D eigenvalue weighted by atomic mass is 10.0. The van der Waals surface area contributed by atoms with Crippen LogP contribution in [0.5, 0.6) is 0 Å². The SMILES string of the molecule is Cn1cnc2cccc(CC3(O)CC3)c21. The molecule has 3 rings (SSSR count). The molecule has 1 aliphatic rings. The van der Waals surface area contributed by atoms with Gasteiger partial charge in [0.25, 0.3) is 0 Å². The fraction of sp³-hybridized carbons (Fsp3) is 0.417.